The second-order valence-electron chi connectivity index (χ2n) is 7.27. The molecule has 0 saturated carbocycles. The fourth-order valence-electron chi connectivity index (χ4n) is 3.81. The highest BCUT2D eigenvalue weighted by molar-refractivity contribution is 6.00. The normalized spacial score (nSPS) is 21.9. The van der Waals surface area contributed by atoms with Crippen molar-refractivity contribution in [3.05, 3.63) is 83.4 Å². The van der Waals surface area contributed by atoms with Gasteiger partial charge < -0.3 is 36.7 Å². The lowest BCUT2D eigenvalue weighted by Crippen LogP contribution is -2.51. The van der Waals surface area contributed by atoms with Crippen molar-refractivity contribution < 1.29 is 20.3 Å². The third-order valence-electron chi connectivity index (χ3n) is 5.48. The van der Waals surface area contributed by atoms with Gasteiger partial charge in [-0.3, -0.25) is 0 Å². The standard InChI is InChI=1S/C22H22N6O4/c1-32-18-11-14(12-5-3-2-4-6-12)9-15(22(18,29)21(24)28-31)20-25-16-8-7-13(19(23)27-30)10-17(16)26-20/h2-11,15,29-31H,1H3,(H2,23,27)(H2,24,28)(H,25,26). The molecule has 10 nitrogen and oxygen atoms in total. The topological polar surface area (TPSA) is 175 Å². The number of aromatic nitrogens is 2. The molecular formula is C22H22N6O4. The van der Waals surface area contributed by atoms with Gasteiger partial charge in [-0.2, -0.15) is 0 Å². The number of ether oxygens (including phenoxy) is 1. The third-order valence-corrected chi connectivity index (χ3v) is 5.48. The number of imidazole rings is 1. The van der Waals surface area contributed by atoms with Crippen molar-refractivity contribution in [1.29, 1.82) is 0 Å². The lowest BCUT2D eigenvalue weighted by atomic mass is 9.77. The largest absolute Gasteiger partial charge is 0.497 e. The number of methoxy groups -OCH3 is 1. The number of H-pyrrole nitrogens is 1. The molecule has 0 fully saturated rings. The lowest BCUT2D eigenvalue weighted by molar-refractivity contribution is 0.0614. The van der Waals surface area contributed by atoms with Crippen LogP contribution in [0.25, 0.3) is 16.6 Å². The summed E-state index contributed by atoms with van der Waals surface area (Å²) in [5.41, 5.74) is 12.9. The minimum absolute atomic E-state index is 0.0512. The molecule has 0 aliphatic heterocycles. The molecule has 1 aliphatic carbocycles. The second-order valence-corrected chi connectivity index (χ2v) is 7.27. The number of allylic oxidation sites excluding steroid dienone is 2. The fraction of sp³-hybridized carbons (Fsp3) is 0.136. The molecule has 164 valence electrons. The molecule has 1 heterocycles. The van der Waals surface area contributed by atoms with Gasteiger partial charge in [-0.25, -0.2) is 4.98 Å². The van der Waals surface area contributed by atoms with Crippen LogP contribution < -0.4 is 11.5 Å². The summed E-state index contributed by atoms with van der Waals surface area (Å²) in [7, 11) is 1.40. The van der Waals surface area contributed by atoms with Crippen molar-refractivity contribution >= 4 is 28.3 Å². The Morgan fingerprint density at radius 3 is 2.53 bits per heavy atom. The number of nitrogens with zero attached hydrogens (tertiary/aromatic N) is 3. The minimum atomic E-state index is -2.00. The molecule has 0 amide bonds. The van der Waals surface area contributed by atoms with Crippen LogP contribution in [0.15, 0.2) is 76.8 Å². The van der Waals surface area contributed by atoms with Gasteiger partial charge in [0.1, 0.15) is 11.6 Å². The van der Waals surface area contributed by atoms with Crippen LogP contribution in [0.4, 0.5) is 0 Å². The van der Waals surface area contributed by atoms with Gasteiger partial charge in [0.2, 0.25) is 0 Å². The number of fused-ring (bicyclic) bond motifs is 1. The van der Waals surface area contributed by atoms with Crippen LogP contribution in [-0.2, 0) is 4.74 Å². The zero-order valence-corrected chi connectivity index (χ0v) is 17.1. The van der Waals surface area contributed by atoms with Gasteiger partial charge in [0.25, 0.3) is 0 Å². The van der Waals surface area contributed by atoms with E-state index in [4.69, 9.17) is 21.4 Å². The number of rotatable bonds is 5. The number of nitrogens with two attached hydrogens (primary N) is 2. The lowest BCUT2D eigenvalue weighted by Gasteiger charge is -2.36. The Kier molecular flexibility index (Phi) is 5.29. The Balaban J connectivity index is 1.91. The van der Waals surface area contributed by atoms with E-state index in [1.807, 2.05) is 30.3 Å². The Morgan fingerprint density at radius 1 is 1.12 bits per heavy atom. The Labute approximate surface area is 182 Å². The van der Waals surface area contributed by atoms with E-state index >= 15 is 0 Å². The molecule has 2 aromatic carbocycles. The zero-order chi connectivity index (χ0) is 22.9. The molecule has 0 saturated heterocycles. The molecular weight excluding hydrogens is 412 g/mol. The molecule has 2 atom stereocenters. The molecule has 0 spiro atoms. The first-order valence-corrected chi connectivity index (χ1v) is 9.63. The number of benzene rings is 2. The van der Waals surface area contributed by atoms with Crippen molar-refractivity contribution in [3.63, 3.8) is 0 Å². The van der Waals surface area contributed by atoms with Crippen LogP contribution in [0.2, 0.25) is 0 Å². The maximum Gasteiger partial charge on any atom is 0.195 e. The molecule has 32 heavy (non-hydrogen) atoms. The quantitative estimate of drug-likeness (QED) is 0.154. The second kappa shape index (κ2) is 8.08. The number of nitrogens with one attached hydrogen (secondary N) is 1. The highest BCUT2D eigenvalue weighted by atomic mass is 16.5. The predicted molar refractivity (Wildman–Crippen MR) is 119 cm³/mol. The van der Waals surface area contributed by atoms with Crippen LogP contribution >= 0.6 is 0 Å². The summed E-state index contributed by atoms with van der Waals surface area (Å²) in [4.78, 5) is 7.75. The predicted octanol–water partition coefficient (Wildman–Crippen LogP) is 1.85. The summed E-state index contributed by atoms with van der Waals surface area (Å²) in [6.07, 6.45) is 3.42. The highest BCUT2D eigenvalue weighted by Crippen LogP contribution is 2.42. The first-order chi connectivity index (χ1) is 15.4. The molecule has 10 heteroatoms. The average Bonchev–Trinajstić information content (AvgIpc) is 3.26. The SMILES string of the molecule is COC1=CC(c2ccccc2)=CC(c2nc3ccc(/C(N)=N/O)cc3[nH]2)C1(O)/C(N)=N/O. The summed E-state index contributed by atoms with van der Waals surface area (Å²) in [5.74, 6) is -0.937. The number of amidine groups is 2. The molecule has 3 aromatic rings. The van der Waals surface area contributed by atoms with Crippen LogP contribution in [-0.4, -0.2) is 49.9 Å². The van der Waals surface area contributed by atoms with Crippen molar-refractivity contribution in [2.24, 2.45) is 21.8 Å². The molecule has 8 N–H and O–H groups in total. The molecule has 1 aromatic heterocycles. The maximum atomic E-state index is 11.6. The van der Waals surface area contributed by atoms with Crippen LogP contribution in [0.1, 0.15) is 22.9 Å². The van der Waals surface area contributed by atoms with Crippen molar-refractivity contribution in [2.75, 3.05) is 7.11 Å². The van der Waals surface area contributed by atoms with E-state index in [0.29, 0.717) is 22.4 Å². The van der Waals surface area contributed by atoms with Gasteiger partial charge in [0.05, 0.1) is 24.1 Å². The number of aromatic amines is 1. The average molecular weight is 434 g/mol. The van der Waals surface area contributed by atoms with E-state index in [-0.39, 0.29) is 11.6 Å². The van der Waals surface area contributed by atoms with Gasteiger partial charge >= 0.3 is 0 Å². The summed E-state index contributed by atoms with van der Waals surface area (Å²) in [6, 6.07) is 14.5. The summed E-state index contributed by atoms with van der Waals surface area (Å²) < 4.78 is 5.47. The van der Waals surface area contributed by atoms with Gasteiger partial charge in [-0.1, -0.05) is 46.7 Å². The third kappa shape index (κ3) is 3.32. The molecule has 4 rings (SSSR count). The zero-order valence-electron chi connectivity index (χ0n) is 17.1. The van der Waals surface area contributed by atoms with E-state index in [1.165, 1.54) is 7.11 Å². The number of oxime groups is 2. The molecule has 2 unspecified atom stereocenters. The van der Waals surface area contributed by atoms with E-state index in [2.05, 4.69) is 20.3 Å². The van der Waals surface area contributed by atoms with Crippen molar-refractivity contribution in [1.82, 2.24) is 9.97 Å². The number of aliphatic hydroxyl groups is 1. The first kappa shape index (κ1) is 20.9. The van der Waals surface area contributed by atoms with E-state index in [0.717, 1.165) is 11.1 Å². The smallest absolute Gasteiger partial charge is 0.195 e. The van der Waals surface area contributed by atoms with E-state index < -0.39 is 17.4 Å². The first-order valence-electron chi connectivity index (χ1n) is 9.63. The van der Waals surface area contributed by atoms with E-state index in [1.54, 1.807) is 30.4 Å². The minimum Gasteiger partial charge on any atom is -0.497 e. The molecule has 0 radical (unpaired) electrons. The summed E-state index contributed by atoms with van der Waals surface area (Å²) in [5, 5.41) is 36.0. The Morgan fingerprint density at radius 2 is 1.88 bits per heavy atom. The number of hydrogen-bond donors (Lipinski definition) is 6. The van der Waals surface area contributed by atoms with Crippen LogP contribution in [0.5, 0.6) is 0 Å². The molecule has 1 aliphatic rings. The maximum absolute atomic E-state index is 11.6. The van der Waals surface area contributed by atoms with Crippen LogP contribution in [0, 0.1) is 0 Å². The van der Waals surface area contributed by atoms with Gasteiger partial charge in [-0.05, 0) is 35.4 Å². The van der Waals surface area contributed by atoms with Crippen molar-refractivity contribution in [3.8, 4) is 0 Å². The fourth-order valence-corrected chi connectivity index (χ4v) is 3.81. The summed E-state index contributed by atoms with van der Waals surface area (Å²) in [6.45, 7) is 0. The Bertz CT molecular complexity index is 1280. The van der Waals surface area contributed by atoms with Crippen molar-refractivity contribution in [2.45, 2.75) is 11.5 Å². The Hall–Kier alpha value is -4.31. The monoisotopic (exact) mass is 434 g/mol. The number of hydrogen-bond acceptors (Lipinski definition) is 7. The summed E-state index contributed by atoms with van der Waals surface area (Å²) >= 11 is 0. The van der Waals surface area contributed by atoms with Gasteiger partial charge in [0.15, 0.2) is 17.3 Å². The highest BCUT2D eigenvalue weighted by Gasteiger charge is 2.49. The van der Waals surface area contributed by atoms with Gasteiger partial charge in [0, 0.05) is 5.56 Å². The molecule has 0 bridgehead atoms. The van der Waals surface area contributed by atoms with Crippen LogP contribution in [0.3, 0.4) is 0 Å². The van der Waals surface area contributed by atoms with E-state index in [9.17, 15) is 10.3 Å². The van der Waals surface area contributed by atoms with Gasteiger partial charge in [-0.15, -0.1) is 0 Å².